The van der Waals surface area contributed by atoms with Gasteiger partial charge in [-0.1, -0.05) is 18.2 Å². The van der Waals surface area contributed by atoms with E-state index in [1.54, 1.807) is 49.3 Å². The number of esters is 1. The number of hydrogen-bond acceptors (Lipinski definition) is 10. The summed E-state index contributed by atoms with van der Waals surface area (Å²) in [6.07, 6.45) is 2.92. The maximum atomic E-state index is 13.3. The first-order chi connectivity index (χ1) is 17.2. The predicted molar refractivity (Wildman–Crippen MR) is 131 cm³/mol. The minimum absolute atomic E-state index is 0.00489. The van der Waals surface area contributed by atoms with Crippen LogP contribution in [-0.2, 0) is 30.1 Å². The zero-order valence-corrected chi connectivity index (χ0v) is 21.2. The molecule has 194 valence electrons. The maximum Gasteiger partial charge on any atom is 0.459 e. The topological polar surface area (TPSA) is 162 Å². The normalized spacial score (nSPS) is 14.0. The summed E-state index contributed by atoms with van der Waals surface area (Å²) in [5.41, 5.74) is -0.00423. The van der Waals surface area contributed by atoms with E-state index in [9.17, 15) is 14.2 Å². The monoisotopic (exact) mass is 521 g/mol. The van der Waals surface area contributed by atoms with Gasteiger partial charge in [-0.3, -0.25) is 23.7 Å². The first kappa shape index (κ1) is 27.0. The van der Waals surface area contributed by atoms with Gasteiger partial charge in [0.25, 0.3) is 5.56 Å². The molecule has 0 spiro atoms. The lowest BCUT2D eigenvalue weighted by Crippen LogP contribution is -2.34. The van der Waals surface area contributed by atoms with Crippen molar-refractivity contribution in [3.8, 4) is 5.75 Å². The summed E-state index contributed by atoms with van der Waals surface area (Å²) in [4.78, 5) is 40.7. The fraction of sp³-hybridized carbons (Fsp3) is 0.381. The number of nitrogens with one attached hydrogen (secondary N) is 2. The molecule has 2 atom stereocenters. The Balaban J connectivity index is 1.62. The fourth-order valence-electron chi connectivity index (χ4n) is 2.82. The zero-order chi connectivity index (χ0) is 26.1. The Morgan fingerprint density at radius 1 is 1.31 bits per heavy atom. The number of para-hydroxylation sites is 1. The van der Waals surface area contributed by atoms with Gasteiger partial charge < -0.3 is 18.9 Å². The zero-order valence-electron chi connectivity index (χ0n) is 20.3. The van der Waals surface area contributed by atoms with E-state index in [2.05, 4.69) is 29.8 Å². The van der Waals surface area contributed by atoms with Gasteiger partial charge in [-0.05, 0) is 19.1 Å². The molecule has 0 bridgehead atoms. The van der Waals surface area contributed by atoms with Gasteiger partial charge in [0.05, 0.1) is 33.0 Å². The van der Waals surface area contributed by atoms with E-state index in [0.29, 0.717) is 5.75 Å². The van der Waals surface area contributed by atoms with Crippen molar-refractivity contribution in [3.63, 3.8) is 0 Å². The molecule has 0 saturated carbocycles. The number of rotatable bonds is 13. The number of nitrogens with zero attached hydrogens (tertiary/aromatic N) is 5. The van der Waals surface area contributed by atoms with Gasteiger partial charge in [-0.2, -0.15) is 10.1 Å². The van der Waals surface area contributed by atoms with E-state index in [1.807, 2.05) is 0 Å². The SMILES string of the molecule is COC(=O)[C@H](C)NP(=O)(OCCOCn1cnc2c(=O)[nH]c(N=CN(C)C)nc21)Oc1ccccc1. The van der Waals surface area contributed by atoms with E-state index in [0.717, 1.165) is 0 Å². The van der Waals surface area contributed by atoms with Crippen LogP contribution in [-0.4, -0.2) is 77.2 Å². The molecule has 0 amide bonds. The largest absolute Gasteiger partial charge is 0.468 e. The Kier molecular flexibility index (Phi) is 9.31. The van der Waals surface area contributed by atoms with Crippen molar-refractivity contribution >= 4 is 37.2 Å². The van der Waals surface area contributed by atoms with Crippen LogP contribution < -0.4 is 15.2 Å². The number of hydrogen-bond donors (Lipinski definition) is 2. The highest BCUT2D eigenvalue weighted by molar-refractivity contribution is 7.52. The highest BCUT2D eigenvalue weighted by atomic mass is 31.2. The molecule has 2 aromatic heterocycles. The van der Waals surface area contributed by atoms with Crippen molar-refractivity contribution in [3.05, 3.63) is 47.0 Å². The fourth-order valence-corrected chi connectivity index (χ4v) is 4.30. The second kappa shape index (κ2) is 12.4. The van der Waals surface area contributed by atoms with Gasteiger partial charge in [-0.25, -0.2) is 14.5 Å². The van der Waals surface area contributed by atoms with E-state index in [4.69, 9.17) is 13.8 Å². The summed E-state index contributed by atoms with van der Waals surface area (Å²) < 4.78 is 36.0. The molecule has 1 aromatic carbocycles. The molecule has 36 heavy (non-hydrogen) atoms. The molecule has 15 heteroatoms. The second-order valence-corrected chi connectivity index (χ2v) is 9.32. The van der Waals surface area contributed by atoms with Crippen LogP contribution in [0.1, 0.15) is 6.92 Å². The number of H-pyrrole nitrogens is 1. The van der Waals surface area contributed by atoms with Crippen LogP contribution in [0.3, 0.4) is 0 Å². The summed E-state index contributed by atoms with van der Waals surface area (Å²) in [5, 5.41) is 2.55. The molecule has 2 N–H and O–H groups in total. The first-order valence-corrected chi connectivity index (χ1v) is 12.3. The maximum absolute atomic E-state index is 13.3. The molecule has 0 saturated heterocycles. The van der Waals surface area contributed by atoms with Crippen LogP contribution >= 0.6 is 7.75 Å². The second-order valence-electron chi connectivity index (χ2n) is 7.63. The Bertz CT molecular complexity index is 1290. The van der Waals surface area contributed by atoms with Crippen molar-refractivity contribution in [2.75, 3.05) is 34.4 Å². The minimum Gasteiger partial charge on any atom is -0.468 e. The molecule has 3 rings (SSSR count). The molecule has 14 nitrogen and oxygen atoms in total. The first-order valence-electron chi connectivity index (χ1n) is 10.8. The molecule has 3 aromatic rings. The number of carbonyl (C=O) groups excluding carboxylic acids is 1. The van der Waals surface area contributed by atoms with Crippen LogP contribution in [0.25, 0.3) is 11.2 Å². The third kappa shape index (κ3) is 7.46. The van der Waals surface area contributed by atoms with Crippen LogP contribution in [0.2, 0.25) is 0 Å². The van der Waals surface area contributed by atoms with Gasteiger partial charge in [0.2, 0.25) is 5.95 Å². The van der Waals surface area contributed by atoms with Gasteiger partial charge in [0.1, 0.15) is 18.5 Å². The molecule has 0 aliphatic rings. The van der Waals surface area contributed by atoms with Gasteiger partial charge in [-0.15, -0.1) is 0 Å². The number of methoxy groups -OCH3 is 1. The van der Waals surface area contributed by atoms with E-state index < -0.39 is 25.3 Å². The van der Waals surface area contributed by atoms with Crippen molar-refractivity contribution in [1.29, 1.82) is 0 Å². The van der Waals surface area contributed by atoms with Gasteiger partial charge >= 0.3 is 13.7 Å². The summed E-state index contributed by atoms with van der Waals surface area (Å²) in [5.74, 6) is -0.216. The summed E-state index contributed by atoms with van der Waals surface area (Å²) in [6.45, 7) is 1.33. The van der Waals surface area contributed by atoms with Crippen LogP contribution in [0.5, 0.6) is 5.75 Å². The third-order valence-corrected chi connectivity index (χ3v) is 6.15. The number of aliphatic imine (C=N–C) groups is 1. The number of aromatic amines is 1. The highest BCUT2D eigenvalue weighted by Gasteiger charge is 2.31. The number of aromatic nitrogens is 4. The number of imidazole rings is 1. The number of carbonyl (C=O) groups is 1. The average Bonchev–Trinajstić information content (AvgIpc) is 3.26. The molecule has 0 aliphatic heterocycles. The predicted octanol–water partition coefficient (Wildman–Crippen LogP) is 1.67. The number of fused-ring (bicyclic) bond motifs is 1. The lowest BCUT2D eigenvalue weighted by atomic mass is 10.3. The van der Waals surface area contributed by atoms with Crippen molar-refractivity contribution < 1.29 is 27.9 Å². The number of benzene rings is 1. The molecule has 0 fully saturated rings. The molecule has 0 radical (unpaired) electrons. The van der Waals surface area contributed by atoms with Crippen molar-refractivity contribution in [1.82, 2.24) is 29.5 Å². The summed E-state index contributed by atoms with van der Waals surface area (Å²) >= 11 is 0. The molecular weight excluding hydrogens is 493 g/mol. The third-order valence-electron chi connectivity index (χ3n) is 4.47. The Hall–Kier alpha value is -3.58. The van der Waals surface area contributed by atoms with Crippen molar-refractivity contribution in [2.24, 2.45) is 4.99 Å². The Morgan fingerprint density at radius 2 is 2.06 bits per heavy atom. The molecule has 1 unspecified atom stereocenters. The van der Waals surface area contributed by atoms with Crippen molar-refractivity contribution in [2.45, 2.75) is 19.7 Å². The Labute approximate surface area is 206 Å². The quantitative estimate of drug-likeness (QED) is 0.111. The van der Waals surface area contributed by atoms with Crippen LogP contribution in [0.15, 0.2) is 46.4 Å². The molecular formula is C21H28N7O7P. The van der Waals surface area contributed by atoms with E-state index in [1.165, 1.54) is 31.3 Å². The summed E-state index contributed by atoms with van der Waals surface area (Å²) in [6, 6.07) is 7.45. The lowest BCUT2D eigenvalue weighted by molar-refractivity contribution is -0.142. The highest BCUT2D eigenvalue weighted by Crippen LogP contribution is 2.44. The smallest absolute Gasteiger partial charge is 0.459 e. The minimum atomic E-state index is -3.96. The lowest BCUT2D eigenvalue weighted by Gasteiger charge is -2.22. The van der Waals surface area contributed by atoms with Gasteiger partial charge in [0.15, 0.2) is 11.2 Å². The Morgan fingerprint density at radius 3 is 2.75 bits per heavy atom. The van der Waals surface area contributed by atoms with Crippen LogP contribution in [0, 0.1) is 0 Å². The molecule has 0 aliphatic carbocycles. The van der Waals surface area contributed by atoms with Crippen LogP contribution in [0.4, 0.5) is 5.95 Å². The summed E-state index contributed by atoms with van der Waals surface area (Å²) in [7, 11) is 0.835. The molecule has 2 heterocycles. The van der Waals surface area contributed by atoms with E-state index >= 15 is 0 Å². The van der Waals surface area contributed by atoms with E-state index in [-0.39, 0.29) is 37.1 Å². The standard InChI is InChI=1S/C21H28N7O7P/c1-15(20(30)32-4)26-36(31,35-16-8-6-5-7-9-16)34-11-10-33-14-28-13-22-17-18(28)24-21(25-19(17)29)23-12-27(2)3/h5-9,12-13,15H,10-11,14H2,1-4H3,(H,26,31)(H,24,25,29)/t15-,36?/m0/s1. The van der Waals surface area contributed by atoms with Gasteiger partial charge in [0, 0.05) is 14.1 Å². The number of ether oxygens (including phenoxy) is 2. The average molecular weight is 521 g/mol.